The van der Waals surface area contributed by atoms with Gasteiger partial charge in [0.1, 0.15) is 0 Å². The van der Waals surface area contributed by atoms with E-state index in [4.69, 9.17) is 16.7 Å². The molecule has 0 saturated carbocycles. The minimum absolute atomic E-state index is 0.0368. The van der Waals surface area contributed by atoms with Crippen molar-refractivity contribution in [1.29, 1.82) is 0 Å². The molecular formula is C30H33ClN4O3. The third kappa shape index (κ3) is 7.01. The summed E-state index contributed by atoms with van der Waals surface area (Å²) in [7, 11) is 6.25. The van der Waals surface area contributed by atoms with Crippen molar-refractivity contribution in [2.24, 2.45) is 0 Å². The highest BCUT2D eigenvalue weighted by Crippen LogP contribution is 2.39. The van der Waals surface area contributed by atoms with Crippen molar-refractivity contribution in [3.63, 3.8) is 0 Å². The van der Waals surface area contributed by atoms with E-state index >= 15 is 0 Å². The first-order valence-corrected chi connectivity index (χ1v) is 12.9. The fourth-order valence-corrected chi connectivity index (χ4v) is 4.58. The fourth-order valence-electron chi connectivity index (χ4n) is 4.41. The van der Waals surface area contributed by atoms with E-state index in [9.17, 15) is 9.59 Å². The third-order valence-electron chi connectivity index (χ3n) is 6.42. The zero-order valence-corrected chi connectivity index (χ0v) is 22.7. The summed E-state index contributed by atoms with van der Waals surface area (Å²) >= 11 is 6.18. The van der Waals surface area contributed by atoms with Crippen LogP contribution in [0.4, 0.5) is 11.4 Å². The molecule has 1 heterocycles. The van der Waals surface area contributed by atoms with E-state index in [1.54, 1.807) is 12.1 Å². The first kappa shape index (κ1) is 27.4. The lowest BCUT2D eigenvalue weighted by Crippen LogP contribution is -2.28. The van der Waals surface area contributed by atoms with Crippen LogP contribution >= 0.6 is 11.6 Å². The number of aliphatic carboxylic acids is 1. The Morgan fingerprint density at radius 1 is 0.974 bits per heavy atom. The Kier molecular flexibility index (Phi) is 8.84. The molecule has 1 aliphatic heterocycles. The maximum Gasteiger partial charge on any atom is 0.303 e. The van der Waals surface area contributed by atoms with Gasteiger partial charge in [0.2, 0.25) is 0 Å². The Morgan fingerprint density at radius 2 is 1.74 bits per heavy atom. The molecule has 4 rings (SSSR count). The van der Waals surface area contributed by atoms with Crippen molar-refractivity contribution < 1.29 is 14.7 Å². The number of anilines is 2. The number of nitrogens with zero attached hydrogens (tertiary/aromatic N) is 2. The molecule has 0 saturated heterocycles. The molecule has 38 heavy (non-hydrogen) atoms. The maximum atomic E-state index is 13.2. The lowest BCUT2D eigenvalue weighted by atomic mass is 9.97. The molecule has 0 spiro atoms. The van der Waals surface area contributed by atoms with Crippen LogP contribution in [0.3, 0.4) is 0 Å². The summed E-state index contributed by atoms with van der Waals surface area (Å²) in [4.78, 5) is 28.8. The largest absolute Gasteiger partial charge is 0.481 e. The Hall–Kier alpha value is -3.65. The van der Waals surface area contributed by atoms with E-state index in [1.165, 1.54) is 5.56 Å². The van der Waals surface area contributed by atoms with Crippen LogP contribution in [0.2, 0.25) is 5.02 Å². The van der Waals surface area contributed by atoms with Crippen LogP contribution in [0.5, 0.6) is 0 Å². The summed E-state index contributed by atoms with van der Waals surface area (Å²) in [5, 5.41) is 16.1. The molecule has 0 atom stereocenters. The average Bonchev–Trinajstić information content (AvgIpc) is 3.20. The normalized spacial score (nSPS) is 14.0. The smallest absolute Gasteiger partial charge is 0.303 e. The van der Waals surface area contributed by atoms with Gasteiger partial charge in [-0.2, -0.15) is 0 Å². The molecule has 0 radical (unpaired) electrons. The summed E-state index contributed by atoms with van der Waals surface area (Å²) in [6, 6.07) is 21.2. The summed E-state index contributed by atoms with van der Waals surface area (Å²) in [6.07, 6.45) is 0.440. The minimum atomic E-state index is -0.847. The van der Waals surface area contributed by atoms with Gasteiger partial charge in [-0.15, -0.1) is 0 Å². The van der Waals surface area contributed by atoms with Crippen LogP contribution in [0.1, 0.15) is 28.7 Å². The predicted octanol–water partition coefficient (Wildman–Crippen LogP) is 5.28. The number of carbonyl (C=O) groups is 2. The molecule has 3 aromatic carbocycles. The first-order valence-electron chi connectivity index (χ1n) is 12.6. The number of carboxylic acid groups (broad SMARTS) is 1. The number of hydrogen-bond acceptors (Lipinski definition) is 5. The second kappa shape index (κ2) is 12.3. The minimum Gasteiger partial charge on any atom is -0.481 e. The maximum absolute atomic E-state index is 13.2. The SMILES string of the molecule is CN(C)CCN(C)Cc1ccc(N/C(=C2\C(=O)Nc3cc(Cl)ccc32)c2cccc(CCC(=O)O)c2)cc1. The number of aryl methyl sites for hydroxylation is 1. The van der Waals surface area contributed by atoms with E-state index < -0.39 is 5.97 Å². The van der Waals surface area contributed by atoms with E-state index in [-0.39, 0.29) is 12.3 Å². The fraction of sp³-hybridized carbons (Fsp3) is 0.267. The molecule has 0 aromatic heterocycles. The lowest BCUT2D eigenvalue weighted by molar-refractivity contribution is -0.137. The van der Waals surface area contributed by atoms with Crippen molar-refractivity contribution >= 4 is 46.1 Å². The van der Waals surface area contributed by atoms with Crippen LogP contribution < -0.4 is 10.6 Å². The number of hydrogen-bond donors (Lipinski definition) is 3. The number of fused-ring (bicyclic) bond motifs is 1. The summed E-state index contributed by atoms with van der Waals surface area (Å²) in [6.45, 7) is 2.80. The highest BCUT2D eigenvalue weighted by molar-refractivity contribution is 6.38. The summed E-state index contributed by atoms with van der Waals surface area (Å²) < 4.78 is 0. The van der Waals surface area contributed by atoms with E-state index in [0.29, 0.717) is 28.4 Å². The third-order valence-corrected chi connectivity index (χ3v) is 6.66. The number of benzene rings is 3. The average molecular weight is 533 g/mol. The van der Waals surface area contributed by atoms with Gasteiger partial charge in [0.05, 0.1) is 17.0 Å². The van der Waals surface area contributed by atoms with Crippen molar-refractivity contribution in [3.8, 4) is 0 Å². The zero-order chi connectivity index (χ0) is 27.2. The van der Waals surface area contributed by atoms with Gasteiger partial charge in [-0.3, -0.25) is 9.59 Å². The molecule has 1 amide bonds. The number of rotatable bonds is 11. The molecule has 8 heteroatoms. The number of halogens is 1. The van der Waals surface area contributed by atoms with Crippen LogP contribution in [0, 0.1) is 0 Å². The molecule has 0 unspecified atom stereocenters. The van der Waals surface area contributed by atoms with Gasteiger partial charge in [0.25, 0.3) is 5.91 Å². The Bertz CT molecular complexity index is 1350. The van der Waals surface area contributed by atoms with E-state index in [1.807, 2.05) is 42.5 Å². The monoisotopic (exact) mass is 532 g/mol. The highest BCUT2D eigenvalue weighted by Gasteiger charge is 2.28. The van der Waals surface area contributed by atoms with Crippen LogP contribution in [-0.2, 0) is 22.6 Å². The Balaban J connectivity index is 1.67. The van der Waals surface area contributed by atoms with Crippen LogP contribution in [-0.4, -0.2) is 61.0 Å². The molecule has 3 aromatic rings. The van der Waals surface area contributed by atoms with Gasteiger partial charge in [-0.1, -0.05) is 48.0 Å². The molecule has 0 aliphatic carbocycles. The predicted molar refractivity (Wildman–Crippen MR) is 154 cm³/mol. The quantitative estimate of drug-likeness (QED) is 0.291. The first-order chi connectivity index (χ1) is 18.2. The van der Waals surface area contributed by atoms with Crippen molar-refractivity contribution in [2.45, 2.75) is 19.4 Å². The van der Waals surface area contributed by atoms with Gasteiger partial charge in [0, 0.05) is 42.3 Å². The standard InChI is InChI=1S/C30H33ClN4O3/c1-34(2)15-16-35(3)19-21-7-11-24(12-8-21)32-29(22-6-4-5-20(17-22)9-14-27(36)37)28-25-13-10-23(31)18-26(25)33-30(28)38/h4-8,10-13,17-18,32H,9,14-16,19H2,1-3H3,(H,33,38)(H,36,37)/b29-28-. The van der Waals surface area contributed by atoms with Gasteiger partial charge < -0.3 is 25.5 Å². The highest BCUT2D eigenvalue weighted by atomic mass is 35.5. The molecule has 0 fully saturated rings. The second-order valence-corrected chi connectivity index (χ2v) is 10.3. The van der Waals surface area contributed by atoms with Gasteiger partial charge in [-0.05, 0) is 74.6 Å². The van der Waals surface area contributed by atoms with Crippen LogP contribution in [0.15, 0.2) is 66.7 Å². The molecule has 0 bridgehead atoms. The molecule has 3 N–H and O–H groups in total. The van der Waals surface area contributed by atoms with Gasteiger partial charge >= 0.3 is 5.97 Å². The van der Waals surface area contributed by atoms with E-state index in [0.717, 1.165) is 42.0 Å². The summed E-state index contributed by atoms with van der Waals surface area (Å²) in [5.74, 6) is -1.07. The second-order valence-electron chi connectivity index (χ2n) is 9.85. The molecular weight excluding hydrogens is 500 g/mol. The summed E-state index contributed by atoms with van der Waals surface area (Å²) in [5.41, 5.74) is 6.31. The van der Waals surface area contributed by atoms with Crippen molar-refractivity contribution in [1.82, 2.24) is 9.80 Å². The van der Waals surface area contributed by atoms with Gasteiger partial charge in [-0.25, -0.2) is 0 Å². The number of likely N-dealkylation sites (N-methyl/N-ethyl adjacent to an activating group) is 2. The van der Waals surface area contributed by atoms with Crippen molar-refractivity contribution in [3.05, 3.63) is 94.0 Å². The zero-order valence-electron chi connectivity index (χ0n) is 21.9. The topological polar surface area (TPSA) is 84.9 Å². The number of nitrogens with one attached hydrogen (secondary N) is 2. The Morgan fingerprint density at radius 3 is 2.45 bits per heavy atom. The number of carboxylic acids is 1. The van der Waals surface area contributed by atoms with Crippen molar-refractivity contribution in [2.75, 3.05) is 44.9 Å². The van der Waals surface area contributed by atoms with Crippen LogP contribution in [0.25, 0.3) is 11.3 Å². The number of amides is 1. The molecule has 1 aliphatic rings. The van der Waals surface area contributed by atoms with E-state index in [2.05, 4.69) is 53.7 Å². The molecule has 7 nitrogen and oxygen atoms in total. The van der Waals surface area contributed by atoms with Gasteiger partial charge in [0.15, 0.2) is 0 Å². The number of carbonyl (C=O) groups excluding carboxylic acids is 1. The molecule has 198 valence electrons. The lowest BCUT2D eigenvalue weighted by Gasteiger charge is -2.20. The Labute approximate surface area is 228 Å².